The summed E-state index contributed by atoms with van der Waals surface area (Å²) in [7, 11) is -3.45. The van der Waals surface area contributed by atoms with Crippen LogP contribution in [0, 0.1) is 6.92 Å². The zero-order chi connectivity index (χ0) is 21.7. The van der Waals surface area contributed by atoms with E-state index in [9.17, 15) is 8.42 Å². The summed E-state index contributed by atoms with van der Waals surface area (Å²) in [5.41, 5.74) is 2.49. The summed E-state index contributed by atoms with van der Waals surface area (Å²) >= 11 is 0. The number of pyridine rings is 1. The van der Waals surface area contributed by atoms with Crippen LogP contribution in [-0.2, 0) is 14.8 Å². The van der Waals surface area contributed by atoms with Gasteiger partial charge in [0.15, 0.2) is 0 Å². The van der Waals surface area contributed by atoms with Gasteiger partial charge in [-0.3, -0.25) is 4.90 Å². The van der Waals surface area contributed by atoms with Gasteiger partial charge in [0.05, 0.1) is 19.3 Å². The van der Waals surface area contributed by atoms with E-state index in [1.807, 2.05) is 0 Å². The van der Waals surface area contributed by atoms with Crippen LogP contribution in [0.3, 0.4) is 0 Å². The molecule has 1 atom stereocenters. The Balaban J connectivity index is 1.45. The van der Waals surface area contributed by atoms with Crippen molar-refractivity contribution in [1.82, 2.24) is 14.2 Å². The number of ether oxygens (including phenoxy) is 1. The number of piperidine rings is 1. The summed E-state index contributed by atoms with van der Waals surface area (Å²) in [6.45, 7) is 7.23. The molecule has 0 spiro atoms. The van der Waals surface area contributed by atoms with E-state index in [4.69, 9.17) is 4.74 Å². The van der Waals surface area contributed by atoms with Gasteiger partial charge in [0, 0.05) is 38.9 Å². The smallest absolute Gasteiger partial charge is 0.244 e. The number of aryl methyl sites for hydroxylation is 1. The first-order valence-electron chi connectivity index (χ1n) is 11.1. The second-order valence-electron chi connectivity index (χ2n) is 8.30. The van der Waals surface area contributed by atoms with Crippen molar-refractivity contribution in [3.8, 4) is 0 Å². The van der Waals surface area contributed by atoms with E-state index in [0.29, 0.717) is 25.5 Å². The molecule has 2 aliphatic heterocycles. The highest BCUT2D eigenvalue weighted by molar-refractivity contribution is 7.89. The monoisotopic (exact) mass is 444 g/mol. The van der Waals surface area contributed by atoms with Gasteiger partial charge in [-0.15, -0.1) is 0 Å². The number of benzene rings is 1. The molecule has 31 heavy (non-hydrogen) atoms. The number of sulfonamides is 1. The van der Waals surface area contributed by atoms with E-state index in [-0.39, 0.29) is 10.9 Å². The van der Waals surface area contributed by atoms with Crippen LogP contribution in [0.25, 0.3) is 0 Å². The molecule has 0 radical (unpaired) electrons. The Morgan fingerprint density at radius 2 is 1.71 bits per heavy atom. The zero-order valence-electron chi connectivity index (χ0n) is 18.2. The second kappa shape index (κ2) is 10.1. The minimum absolute atomic E-state index is 0.197. The van der Waals surface area contributed by atoms with Crippen molar-refractivity contribution in [2.24, 2.45) is 0 Å². The fourth-order valence-electron chi connectivity index (χ4n) is 4.23. The van der Waals surface area contributed by atoms with Crippen LogP contribution in [0.2, 0.25) is 0 Å². The van der Waals surface area contributed by atoms with Crippen LogP contribution in [0.1, 0.15) is 36.4 Å². The highest BCUT2D eigenvalue weighted by Gasteiger charge is 2.26. The van der Waals surface area contributed by atoms with Crippen LogP contribution in [0.5, 0.6) is 0 Å². The maximum absolute atomic E-state index is 12.8. The van der Waals surface area contributed by atoms with Gasteiger partial charge in [-0.25, -0.2) is 13.4 Å². The van der Waals surface area contributed by atoms with E-state index >= 15 is 0 Å². The van der Waals surface area contributed by atoms with E-state index in [0.717, 1.165) is 45.6 Å². The van der Waals surface area contributed by atoms with Crippen molar-refractivity contribution in [3.63, 3.8) is 0 Å². The van der Waals surface area contributed by atoms with Gasteiger partial charge < -0.3 is 10.1 Å². The van der Waals surface area contributed by atoms with Crippen LogP contribution in [0.15, 0.2) is 47.5 Å². The van der Waals surface area contributed by atoms with E-state index < -0.39 is 10.0 Å². The minimum atomic E-state index is -3.45. The SMILES string of the molecule is Cc1ccc(C(CNc2ccc(S(=O)(=O)N3CCCCC3)cn2)N2CCOCC2)cc1. The lowest BCUT2D eigenvalue weighted by Crippen LogP contribution is -2.41. The Labute approximate surface area is 185 Å². The number of hydrogen-bond acceptors (Lipinski definition) is 6. The number of nitrogens with one attached hydrogen (secondary N) is 1. The number of hydrogen-bond donors (Lipinski definition) is 1. The molecule has 0 saturated carbocycles. The summed E-state index contributed by atoms with van der Waals surface area (Å²) in [5, 5.41) is 3.41. The molecule has 7 nitrogen and oxygen atoms in total. The zero-order valence-corrected chi connectivity index (χ0v) is 19.0. The topological polar surface area (TPSA) is 74.8 Å². The average Bonchev–Trinajstić information content (AvgIpc) is 2.82. The summed E-state index contributed by atoms with van der Waals surface area (Å²) in [5.74, 6) is 0.683. The molecule has 4 rings (SSSR count). The van der Waals surface area contributed by atoms with Crippen molar-refractivity contribution in [3.05, 3.63) is 53.7 Å². The van der Waals surface area contributed by atoms with Crippen molar-refractivity contribution < 1.29 is 13.2 Å². The predicted octanol–water partition coefficient (Wildman–Crippen LogP) is 3.05. The van der Waals surface area contributed by atoms with Crippen LogP contribution in [-0.4, -0.2) is 68.5 Å². The molecule has 2 aromatic rings. The summed E-state index contributed by atoms with van der Waals surface area (Å²) in [4.78, 5) is 7.10. The quantitative estimate of drug-likeness (QED) is 0.708. The van der Waals surface area contributed by atoms with Gasteiger partial charge in [-0.1, -0.05) is 36.2 Å². The number of anilines is 1. The fourth-order valence-corrected chi connectivity index (χ4v) is 5.69. The highest BCUT2D eigenvalue weighted by Crippen LogP contribution is 2.24. The first-order valence-corrected chi connectivity index (χ1v) is 12.6. The Morgan fingerprint density at radius 1 is 1.00 bits per heavy atom. The fraction of sp³-hybridized carbons (Fsp3) is 0.522. The normalized spacial score (nSPS) is 19.8. The molecule has 1 aromatic carbocycles. The molecule has 0 bridgehead atoms. The maximum atomic E-state index is 12.8. The van der Waals surface area contributed by atoms with Crippen LogP contribution in [0.4, 0.5) is 5.82 Å². The predicted molar refractivity (Wildman–Crippen MR) is 122 cm³/mol. The summed E-state index contributed by atoms with van der Waals surface area (Å²) < 4.78 is 32.8. The Kier molecular flexibility index (Phi) is 7.22. The highest BCUT2D eigenvalue weighted by atomic mass is 32.2. The van der Waals surface area contributed by atoms with Gasteiger partial charge in [0.25, 0.3) is 0 Å². The molecular weight excluding hydrogens is 412 g/mol. The third kappa shape index (κ3) is 5.44. The van der Waals surface area contributed by atoms with Crippen LogP contribution >= 0.6 is 0 Å². The molecule has 0 amide bonds. The molecule has 8 heteroatoms. The number of rotatable bonds is 7. The Hall–Kier alpha value is -2.00. The molecule has 3 heterocycles. The Bertz CT molecular complexity index is 936. The molecule has 0 aliphatic carbocycles. The van der Waals surface area contributed by atoms with Crippen LogP contribution < -0.4 is 5.32 Å². The van der Waals surface area contributed by atoms with Crippen molar-refractivity contribution in [2.45, 2.75) is 37.1 Å². The largest absolute Gasteiger partial charge is 0.379 e. The maximum Gasteiger partial charge on any atom is 0.244 e. The molecule has 2 saturated heterocycles. The van der Waals surface area contributed by atoms with E-state index in [2.05, 4.69) is 46.4 Å². The number of aromatic nitrogens is 1. The number of nitrogens with zero attached hydrogens (tertiary/aromatic N) is 3. The molecule has 1 aromatic heterocycles. The second-order valence-corrected chi connectivity index (χ2v) is 10.2. The number of morpholine rings is 1. The summed E-state index contributed by atoms with van der Waals surface area (Å²) in [6.07, 6.45) is 4.42. The molecule has 168 valence electrons. The average molecular weight is 445 g/mol. The van der Waals surface area contributed by atoms with Gasteiger partial charge in [-0.05, 0) is 37.5 Å². The van der Waals surface area contributed by atoms with Crippen molar-refractivity contribution >= 4 is 15.8 Å². The molecular formula is C23H32N4O3S. The lowest BCUT2D eigenvalue weighted by atomic mass is 10.0. The van der Waals surface area contributed by atoms with Gasteiger partial charge >= 0.3 is 0 Å². The molecule has 2 fully saturated rings. The molecule has 2 aliphatic rings. The van der Waals surface area contributed by atoms with Gasteiger partial charge in [-0.2, -0.15) is 4.31 Å². The standard InChI is InChI=1S/C23H32N4O3S/c1-19-5-7-20(8-6-19)22(26-13-15-30-16-14-26)18-25-23-10-9-21(17-24-23)31(28,29)27-11-3-2-4-12-27/h5-10,17,22H,2-4,11-16,18H2,1H3,(H,24,25). The van der Waals surface area contributed by atoms with Gasteiger partial charge in [0.2, 0.25) is 10.0 Å². The minimum Gasteiger partial charge on any atom is -0.379 e. The third-order valence-corrected chi connectivity index (χ3v) is 8.00. The van der Waals surface area contributed by atoms with E-state index in [1.165, 1.54) is 17.3 Å². The summed E-state index contributed by atoms with van der Waals surface area (Å²) in [6, 6.07) is 12.3. The van der Waals surface area contributed by atoms with Crippen molar-refractivity contribution in [2.75, 3.05) is 51.3 Å². The Morgan fingerprint density at radius 3 is 2.35 bits per heavy atom. The lowest BCUT2D eigenvalue weighted by molar-refractivity contribution is 0.0187. The lowest BCUT2D eigenvalue weighted by Gasteiger charge is -2.35. The third-order valence-electron chi connectivity index (χ3n) is 6.11. The van der Waals surface area contributed by atoms with Gasteiger partial charge in [0.1, 0.15) is 10.7 Å². The first kappa shape index (κ1) is 22.2. The van der Waals surface area contributed by atoms with E-state index in [1.54, 1.807) is 16.4 Å². The van der Waals surface area contributed by atoms with Crippen molar-refractivity contribution in [1.29, 1.82) is 0 Å². The first-order chi connectivity index (χ1) is 15.0. The molecule has 1 N–H and O–H groups in total. The molecule has 1 unspecified atom stereocenters.